The zero-order chi connectivity index (χ0) is 16.3. The first kappa shape index (κ1) is 16.9. The van der Waals surface area contributed by atoms with Crippen molar-refractivity contribution in [3.05, 3.63) is 11.8 Å². The highest BCUT2D eigenvalue weighted by Crippen LogP contribution is 2.15. The summed E-state index contributed by atoms with van der Waals surface area (Å²) >= 11 is 0. The molecule has 1 aliphatic rings. The van der Waals surface area contributed by atoms with E-state index in [0.717, 1.165) is 0 Å². The summed E-state index contributed by atoms with van der Waals surface area (Å²) < 4.78 is 30.8. The summed E-state index contributed by atoms with van der Waals surface area (Å²) in [5.41, 5.74) is 0. The first-order valence-electron chi connectivity index (χ1n) is 7.45. The van der Waals surface area contributed by atoms with E-state index in [1.807, 2.05) is 20.8 Å². The largest absolute Gasteiger partial charge is 0.417 e. The highest BCUT2D eigenvalue weighted by atomic mass is 32.2. The van der Waals surface area contributed by atoms with Crippen LogP contribution in [0.3, 0.4) is 0 Å². The summed E-state index contributed by atoms with van der Waals surface area (Å²) in [7, 11) is -3.21. The molecule has 124 valence electrons. The van der Waals surface area contributed by atoms with Crippen LogP contribution in [-0.2, 0) is 10.0 Å². The lowest BCUT2D eigenvalue weighted by Gasteiger charge is -2.33. The Morgan fingerprint density at radius 3 is 2.36 bits per heavy atom. The fourth-order valence-corrected chi connectivity index (χ4v) is 3.74. The van der Waals surface area contributed by atoms with E-state index in [0.29, 0.717) is 38.5 Å². The Balaban J connectivity index is 1.97. The van der Waals surface area contributed by atoms with Gasteiger partial charge in [-0.25, -0.2) is 8.42 Å². The summed E-state index contributed by atoms with van der Waals surface area (Å²) in [6.07, 6.45) is 0.585. The molecule has 8 nitrogen and oxygen atoms in total. The van der Waals surface area contributed by atoms with Gasteiger partial charge in [0.15, 0.2) is 0 Å². The van der Waals surface area contributed by atoms with Gasteiger partial charge < -0.3 is 9.32 Å². The van der Waals surface area contributed by atoms with E-state index in [9.17, 15) is 13.2 Å². The van der Waals surface area contributed by atoms with Crippen molar-refractivity contribution >= 4 is 15.9 Å². The Kier molecular flexibility index (Phi) is 5.17. The maximum absolute atomic E-state index is 12.3. The van der Waals surface area contributed by atoms with E-state index in [-0.39, 0.29) is 23.5 Å². The van der Waals surface area contributed by atoms with Crippen LogP contribution in [0.4, 0.5) is 0 Å². The molecule has 1 aromatic heterocycles. The Bertz CT molecular complexity index is 618. The molecule has 0 aliphatic carbocycles. The minimum absolute atomic E-state index is 0.0337. The fourth-order valence-electron chi connectivity index (χ4n) is 2.25. The molecule has 0 unspecified atom stereocenters. The number of nitrogens with zero attached hydrogens (tertiary/aromatic N) is 4. The van der Waals surface area contributed by atoms with Crippen molar-refractivity contribution in [2.45, 2.75) is 33.1 Å². The lowest BCUT2D eigenvalue weighted by molar-refractivity contribution is 0.0655. The molecule has 0 bridgehead atoms. The first-order chi connectivity index (χ1) is 10.3. The second-order valence-electron chi connectivity index (χ2n) is 5.61. The van der Waals surface area contributed by atoms with Crippen molar-refractivity contribution in [1.29, 1.82) is 0 Å². The number of carbonyl (C=O) groups is 1. The molecule has 1 aliphatic heterocycles. The van der Waals surface area contributed by atoms with Crippen LogP contribution >= 0.6 is 0 Å². The van der Waals surface area contributed by atoms with Gasteiger partial charge in [0.2, 0.25) is 15.9 Å². The summed E-state index contributed by atoms with van der Waals surface area (Å²) in [5, 5.41) is 7.61. The highest BCUT2D eigenvalue weighted by Gasteiger charge is 2.30. The van der Waals surface area contributed by atoms with Crippen LogP contribution in [0.25, 0.3) is 0 Å². The third-order valence-corrected chi connectivity index (χ3v) is 5.57. The Morgan fingerprint density at radius 2 is 1.86 bits per heavy atom. The fraction of sp³-hybridized carbons (Fsp3) is 0.769. The predicted octanol–water partition coefficient (Wildman–Crippen LogP) is 0.691. The van der Waals surface area contributed by atoms with Crippen LogP contribution in [0.2, 0.25) is 0 Å². The number of carbonyl (C=O) groups excluding carboxylic acids is 1. The maximum atomic E-state index is 12.3. The molecule has 22 heavy (non-hydrogen) atoms. The molecule has 0 spiro atoms. The number of sulfonamides is 1. The topological polar surface area (TPSA) is 96.6 Å². The van der Waals surface area contributed by atoms with Gasteiger partial charge in [0.1, 0.15) is 0 Å². The van der Waals surface area contributed by atoms with Crippen LogP contribution in [0, 0.1) is 0 Å². The zero-order valence-corrected chi connectivity index (χ0v) is 14.0. The normalized spacial score (nSPS) is 17.2. The van der Waals surface area contributed by atoms with Crippen LogP contribution in [0.15, 0.2) is 4.42 Å². The molecule has 0 radical (unpaired) electrons. The summed E-state index contributed by atoms with van der Waals surface area (Å²) in [4.78, 5) is 13.8. The number of piperazine rings is 1. The summed E-state index contributed by atoms with van der Waals surface area (Å²) in [6.45, 7) is 6.91. The average Bonchev–Trinajstić information content (AvgIpc) is 2.96. The molecule has 1 aromatic rings. The van der Waals surface area contributed by atoms with Gasteiger partial charge in [-0.1, -0.05) is 20.8 Å². The van der Waals surface area contributed by atoms with Crippen LogP contribution < -0.4 is 0 Å². The summed E-state index contributed by atoms with van der Waals surface area (Å²) in [5.74, 6) is 0.251. The molecule has 2 rings (SSSR count). The molecule has 0 aromatic carbocycles. The highest BCUT2D eigenvalue weighted by molar-refractivity contribution is 7.89. The first-order valence-corrected chi connectivity index (χ1v) is 9.06. The predicted molar refractivity (Wildman–Crippen MR) is 79.9 cm³/mol. The van der Waals surface area contributed by atoms with Gasteiger partial charge in [-0.05, 0) is 6.42 Å². The number of hydrogen-bond acceptors (Lipinski definition) is 6. The van der Waals surface area contributed by atoms with E-state index in [4.69, 9.17) is 4.42 Å². The molecular formula is C13H22N4O4S. The van der Waals surface area contributed by atoms with Crippen molar-refractivity contribution in [2.75, 3.05) is 31.9 Å². The van der Waals surface area contributed by atoms with Gasteiger partial charge in [0, 0.05) is 32.1 Å². The minimum Gasteiger partial charge on any atom is -0.417 e. The van der Waals surface area contributed by atoms with Gasteiger partial charge in [-0.15, -0.1) is 10.2 Å². The van der Waals surface area contributed by atoms with Crippen molar-refractivity contribution in [3.8, 4) is 0 Å². The van der Waals surface area contributed by atoms with Crippen LogP contribution in [-0.4, -0.2) is 65.7 Å². The molecular weight excluding hydrogens is 308 g/mol. The molecule has 0 saturated carbocycles. The third kappa shape index (κ3) is 3.64. The quantitative estimate of drug-likeness (QED) is 0.788. The maximum Gasteiger partial charge on any atom is 0.311 e. The summed E-state index contributed by atoms with van der Waals surface area (Å²) in [6, 6.07) is 0. The van der Waals surface area contributed by atoms with E-state index in [1.54, 1.807) is 4.90 Å². The molecule has 0 atom stereocenters. The molecule has 1 amide bonds. The number of rotatable bonds is 5. The number of aromatic nitrogens is 2. The number of amides is 1. The van der Waals surface area contributed by atoms with Gasteiger partial charge in [0.05, 0.1) is 5.75 Å². The molecule has 0 N–H and O–H groups in total. The molecule has 9 heteroatoms. The number of hydrogen-bond donors (Lipinski definition) is 0. The van der Waals surface area contributed by atoms with Crippen molar-refractivity contribution in [2.24, 2.45) is 0 Å². The smallest absolute Gasteiger partial charge is 0.311 e. The van der Waals surface area contributed by atoms with Crippen LogP contribution in [0.5, 0.6) is 0 Å². The monoisotopic (exact) mass is 330 g/mol. The lowest BCUT2D eigenvalue weighted by Crippen LogP contribution is -2.51. The van der Waals surface area contributed by atoms with E-state index in [1.165, 1.54) is 4.31 Å². The van der Waals surface area contributed by atoms with Crippen molar-refractivity contribution in [3.63, 3.8) is 0 Å². The second-order valence-corrected chi connectivity index (χ2v) is 7.70. The van der Waals surface area contributed by atoms with E-state index < -0.39 is 10.0 Å². The third-order valence-electron chi connectivity index (χ3n) is 3.50. The second kappa shape index (κ2) is 6.74. The van der Waals surface area contributed by atoms with Crippen molar-refractivity contribution < 1.29 is 17.6 Å². The molecule has 2 heterocycles. The van der Waals surface area contributed by atoms with Crippen molar-refractivity contribution in [1.82, 2.24) is 19.4 Å². The van der Waals surface area contributed by atoms with E-state index >= 15 is 0 Å². The standard InChI is InChI=1S/C13H22N4O4S/c1-4-9-22(19,20)17-7-5-16(6-8-17)13(18)12-15-14-11(21-12)10(2)3/h10H,4-9H2,1-3H3. The Hall–Kier alpha value is -1.48. The Morgan fingerprint density at radius 1 is 1.23 bits per heavy atom. The van der Waals surface area contributed by atoms with Crippen LogP contribution in [0.1, 0.15) is 49.7 Å². The Labute approximate surface area is 130 Å². The molecule has 1 fully saturated rings. The molecule has 1 saturated heterocycles. The lowest BCUT2D eigenvalue weighted by atomic mass is 10.2. The zero-order valence-electron chi connectivity index (χ0n) is 13.2. The van der Waals surface area contributed by atoms with Gasteiger partial charge in [-0.2, -0.15) is 4.31 Å². The van der Waals surface area contributed by atoms with Gasteiger partial charge >= 0.3 is 11.8 Å². The van der Waals surface area contributed by atoms with Gasteiger partial charge in [0.25, 0.3) is 0 Å². The average molecular weight is 330 g/mol. The van der Waals surface area contributed by atoms with Gasteiger partial charge in [-0.3, -0.25) is 4.79 Å². The minimum atomic E-state index is -3.21. The van der Waals surface area contributed by atoms with E-state index in [2.05, 4.69) is 10.2 Å². The SMILES string of the molecule is CCCS(=O)(=O)N1CCN(C(=O)c2nnc(C(C)C)o2)CC1.